The first kappa shape index (κ1) is 19.8. The molecule has 0 saturated heterocycles. The normalized spacial score (nSPS) is 15.9. The number of thiophene rings is 1. The van der Waals surface area contributed by atoms with Gasteiger partial charge in [0.05, 0.1) is 17.6 Å². The number of amides is 1. The Kier molecular flexibility index (Phi) is 5.31. The zero-order valence-electron chi connectivity index (χ0n) is 16.5. The first-order valence-corrected chi connectivity index (χ1v) is 10.1. The molecule has 2 aromatic rings. The van der Waals surface area contributed by atoms with Gasteiger partial charge in [0.2, 0.25) is 5.91 Å². The van der Waals surface area contributed by atoms with Gasteiger partial charge in [-0.05, 0) is 31.7 Å². The molecule has 1 aliphatic rings. The number of carbonyl (C=O) groups is 1. The fraction of sp³-hybridized carbons (Fsp3) is 0.632. The third-order valence-corrected chi connectivity index (χ3v) is 6.18. The lowest BCUT2D eigenvalue weighted by atomic mass is 9.94. The molecule has 0 saturated carbocycles. The monoisotopic (exact) mass is 393 g/mol. The second-order valence-corrected chi connectivity index (χ2v) is 9.26. The molecule has 148 valence electrons. The number of hydrogen-bond acceptors (Lipinski definition) is 5. The Bertz CT molecular complexity index is 997. The summed E-state index contributed by atoms with van der Waals surface area (Å²) >= 11 is 1.42. The van der Waals surface area contributed by atoms with Crippen molar-refractivity contribution in [2.45, 2.75) is 59.3 Å². The van der Waals surface area contributed by atoms with Crippen LogP contribution in [0.4, 0.5) is 0 Å². The maximum absolute atomic E-state index is 13.1. The quantitative estimate of drug-likeness (QED) is 0.839. The first-order chi connectivity index (χ1) is 12.6. The highest BCUT2D eigenvalue weighted by atomic mass is 32.1. The first-order valence-electron chi connectivity index (χ1n) is 9.25. The number of ether oxygens (including phenoxy) is 1. The molecule has 1 N–H and O–H groups in total. The van der Waals surface area contributed by atoms with Crippen molar-refractivity contribution >= 4 is 27.5 Å². The van der Waals surface area contributed by atoms with Gasteiger partial charge in [-0.2, -0.15) is 0 Å². The van der Waals surface area contributed by atoms with Crippen LogP contribution < -0.4 is 16.6 Å². The van der Waals surface area contributed by atoms with Gasteiger partial charge >= 0.3 is 5.69 Å². The largest absolute Gasteiger partial charge is 0.370 e. The highest BCUT2D eigenvalue weighted by Crippen LogP contribution is 2.36. The van der Waals surface area contributed by atoms with Crippen molar-refractivity contribution in [2.75, 3.05) is 6.54 Å². The minimum absolute atomic E-state index is 0.260. The van der Waals surface area contributed by atoms with E-state index in [1.54, 1.807) is 7.05 Å². The highest BCUT2D eigenvalue weighted by molar-refractivity contribution is 7.18. The number of rotatable bonds is 5. The number of aryl methyl sites for hydroxylation is 1. The molecule has 0 bridgehead atoms. The zero-order chi connectivity index (χ0) is 19.9. The topological polar surface area (TPSA) is 82.3 Å². The van der Waals surface area contributed by atoms with E-state index >= 15 is 0 Å². The molecule has 0 fully saturated rings. The highest BCUT2D eigenvalue weighted by Gasteiger charge is 2.31. The molecule has 1 aliphatic heterocycles. The van der Waals surface area contributed by atoms with Crippen LogP contribution in [0.25, 0.3) is 10.2 Å². The summed E-state index contributed by atoms with van der Waals surface area (Å²) in [7, 11) is 1.64. The predicted octanol–water partition coefficient (Wildman–Crippen LogP) is 1.78. The van der Waals surface area contributed by atoms with Gasteiger partial charge < -0.3 is 10.1 Å². The molecule has 0 unspecified atom stereocenters. The van der Waals surface area contributed by atoms with Gasteiger partial charge in [-0.25, -0.2) is 4.79 Å². The Morgan fingerprint density at radius 3 is 2.70 bits per heavy atom. The molecule has 0 aliphatic carbocycles. The van der Waals surface area contributed by atoms with E-state index < -0.39 is 5.69 Å². The van der Waals surface area contributed by atoms with Crippen LogP contribution in [0.5, 0.6) is 0 Å². The van der Waals surface area contributed by atoms with Gasteiger partial charge in [-0.3, -0.25) is 18.7 Å². The van der Waals surface area contributed by atoms with E-state index in [0.29, 0.717) is 35.7 Å². The van der Waals surface area contributed by atoms with E-state index in [4.69, 9.17) is 4.74 Å². The Labute approximate surface area is 161 Å². The summed E-state index contributed by atoms with van der Waals surface area (Å²) in [5.41, 5.74) is -0.269. The zero-order valence-corrected chi connectivity index (χ0v) is 17.4. The molecule has 1 amide bonds. The molecular formula is C19H27N3O4S. The van der Waals surface area contributed by atoms with E-state index in [9.17, 15) is 14.4 Å². The molecule has 2 aromatic heterocycles. The fourth-order valence-electron chi connectivity index (χ4n) is 3.32. The maximum atomic E-state index is 13.1. The van der Waals surface area contributed by atoms with E-state index in [1.807, 2.05) is 13.8 Å². The summed E-state index contributed by atoms with van der Waals surface area (Å²) in [6.45, 7) is 8.84. The number of carbonyl (C=O) groups excluding carboxylic acids is 1. The third-order valence-electron chi connectivity index (χ3n) is 4.90. The summed E-state index contributed by atoms with van der Waals surface area (Å²) in [6, 6.07) is 0. The van der Waals surface area contributed by atoms with Crippen LogP contribution in [-0.4, -0.2) is 27.2 Å². The van der Waals surface area contributed by atoms with Crippen LogP contribution >= 0.6 is 11.3 Å². The Balaban J connectivity index is 2.01. The van der Waals surface area contributed by atoms with Crippen LogP contribution in [0.3, 0.4) is 0 Å². The number of aromatic nitrogens is 2. The average molecular weight is 394 g/mol. The average Bonchev–Trinajstić information content (AvgIpc) is 2.94. The molecule has 7 nitrogen and oxygen atoms in total. The van der Waals surface area contributed by atoms with Crippen molar-refractivity contribution in [1.29, 1.82) is 0 Å². The molecule has 8 heteroatoms. The molecule has 0 spiro atoms. The minimum Gasteiger partial charge on any atom is -0.370 e. The van der Waals surface area contributed by atoms with E-state index in [-0.39, 0.29) is 23.6 Å². The second-order valence-electron chi connectivity index (χ2n) is 8.17. The van der Waals surface area contributed by atoms with Crippen LogP contribution in [0.15, 0.2) is 9.59 Å². The molecule has 0 aromatic carbocycles. The van der Waals surface area contributed by atoms with Crippen molar-refractivity contribution in [1.82, 2.24) is 14.5 Å². The van der Waals surface area contributed by atoms with E-state index in [1.165, 1.54) is 15.9 Å². The van der Waals surface area contributed by atoms with Crippen LogP contribution in [0, 0.1) is 5.92 Å². The SMILES string of the molecule is CC(C)CCNC(=O)Cn1c(=O)c2c3c(sc2n(C)c1=O)COC(C)(C)C3. The number of hydrogen-bond donors (Lipinski definition) is 1. The van der Waals surface area contributed by atoms with Crippen molar-refractivity contribution in [3.05, 3.63) is 31.3 Å². The fourth-order valence-corrected chi connectivity index (χ4v) is 4.50. The summed E-state index contributed by atoms with van der Waals surface area (Å²) in [5, 5.41) is 3.33. The maximum Gasteiger partial charge on any atom is 0.332 e. The van der Waals surface area contributed by atoms with Gasteiger partial charge in [0, 0.05) is 24.9 Å². The third kappa shape index (κ3) is 3.87. The summed E-state index contributed by atoms with van der Waals surface area (Å²) in [5.74, 6) is 0.155. The smallest absolute Gasteiger partial charge is 0.332 e. The van der Waals surface area contributed by atoms with Gasteiger partial charge in [-0.1, -0.05) is 13.8 Å². The summed E-state index contributed by atoms with van der Waals surface area (Å²) < 4.78 is 8.35. The lowest BCUT2D eigenvalue weighted by Crippen LogP contribution is -2.43. The minimum atomic E-state index is -0.467. The number of nitrogens with zero attached hydrogens (tertiary/aromatic N) is 2. The molecular weight excluding hydrogens is 366 g/mol. The molecule has 0 atom stereocenters. The summed E-state index contributed by atoms with van der Waals surface area (Å²) in [4.78, 5) is 39.6. The second kappa shape index (κ2) is 7.24. The van der Waals surface area contributed by atoms with E-state index in [2.05, 4.69) is 19.2 Å². The van der Waals surface area contributed by atoms with Gasteiger partial charge in [-0.15, -0.1) is 11.3 Å². The lowest BCUT2D eigenvalue weighted by molar-refractivity contribution is -0.121. The predicted molar refractivity (Wildman–Crippen MR) is 106 cm³/mol. The number of fused-ring (bicyclic) bond motifs is 3. The molecule has 0 radical (unpaired) electrons. The van der Waals surface area contributed by atoms with Gasteiger partial charge in [0.1, 0.15) is 11.4 Å². The standard InChI is InChI=1S/C19H27N3O4S/c1-11(2)6-7-20-14(23)9-22-16(24)15-12-8-19(3,4)26-10-13(12)27-17(15)21(5)18(22)25/h11H,6-10H2,1-5H3,(H,20,23). The van der Waals surface area contributed by atoms with Crippen molar-refractivity contribution in [3.8, 4) is 0 Å². The molecule has 3 heterocycles. The van der Waals surface area contributed by atoms with E-state index in [0.717, 1.165) is 21.4 Å². The van der Waals surface area contributed by atoms with Crippen molar-refractivity contribution < 1.29 is 9.53 Å². The Hall–Kier alpha value is -1.93. The van der Waals surface area contributed by atoms with Crippen LogP contribution in [-0.2, 0) is 36.2 Å². The van der Waals surface area contributed by atoms with Crippen molar-refractivity contribution in [3.63, 3.8) is 0 Å². The number of nitrogens with one attached hydrogen (secondary N) is 1. The summed E-state index contributed by atoms with van der Waals surface area (Å²) in [6.07, 6.45) is 1.46. The van der Waals surface area contributed by atoms with Crippen LogP contribution in [0.1, 0.15) is 44.6 Å². The van der Waals surface area contributed by atoms with Gasteiger partial charge in [0.15, 0.2) is 0 Å². The Morgan fingerprint density at radius 2 is 2.04 bits per heavy atom. The van der Waals surface area contributed by atoms with Crippen LogP contribution in [0.2, 0.25) is 0 Å². The Morgan fingerprint density at radius 1 is 1.33 bits per heavy atom. The molecule has 27 heavy (non-hydrogen) atoms. The molecule has 3 rings (SSSR count). The van der Waals surface area contributed by atoms with Crippen molar-refractivity contribution in [2.24, 2.45) is 13.0 Å². The van der Waals surface area contributed by atoms with Gasteiger partial charge in [0.25, 0.3) is 5.56 Å². The lowest BCUT2D eigenvalue weighted by Gasteiger charge is -2.29.